The summed E-state index contributed by atoms with van der Waals surface area (Å²) in [7, 11) is 4.11. The highest BCUT2D eigenvalue weighted by molar-refractivity contribution is 6.33. The average molecular weight is 297 g/mol. The van der Waals surface area contributed by atoms with Crippen LogP contribution in [0.5, 0.6) is 5.75 Å². The Balaban J connectivity index is 2.06. The van der Waals surface area contributed by atoms with Crippen molar-refractivity contribution < 1.29 is 9.90 Å². The Kier molecular flexibility index (Phi) is 4.55. The molecule has 0 unspecified atom stereocenters. The van der Waals surface area contributed by atoms with Crippen LogP contribution >= 0.6 is 11.6 Å². The second-order valence-electron chi connectivity index (χ2n) is 5.67. The number of benzene rings is 1. The number of aromatic hydroxyl groups is 1. The van der Waals surface area contributed by atoms with E-state index in [2.05, 4.69) is 24.3 Å². The number of phenols is 1. The number of rotatable bonds is 4. The van der Waals surface area contributed by atoms with E-state index in [0.717, 1.165) is 12.8 Å². The highest BCUT2D eigenvalue weighted by Crippen LogP contribution is 2.33. The molecule has 0 aliphatic heterocycles. The van der Waals surface area contributed by atoms with E-state index in [4.69, 9.17) is 11.6 Å². The van der Waals surface area contributed by atoms with E-state index in [0.29, 0.717) is 17.1 Å². The van der Waals surface area contributed by atoms with Gasteiger partial charge in [0.2, 0.25) is 0 Å². The normalized spacial score (nSPS) is 17.4. The molecule has 0 bridgehead atoms. The molecule has 2 rings (SSSR count). The molecule has 1 aromatic carbocycles. The quantitative estimate of drug-likeness (QED) is 0.898. The molecule has 1 aromatic rings. The molecular weight excluding hydrogens is 276 g/mol. The van der Waals surface area contributed by atoms with Gasteiger partial charge in [0.05, 0.1) is 10.6 Å². The van der Waals surface area contributed by atoms with Gasteiger partial charge in [0.1, 0.15) is 5.75 Å². The topological polar surface area (TPSA) is 52.6 Å². The highest BCUT2D eigenvalue weighted by atomic mass is 35.5. The molecule has 0 aromatic heterocycles. The molecule has 5 heteroatoms. The molecule has 20 heavy (non-hydrogen) atoms. The van der Waals surface area contributed by atoms with Crippen molar-refractivity contribution in [1.29, 1.82) is 0 Å². The largest absolute Gasteiger partial charge is 0.508 e. The number of carbonyl (C=O) groups is 1. The number of phenolic OH excluding ortho intramolecular Hbond substituents is 1. The number of carbonyl (C=O) groups excluding carboxylic acids is 1. The van der Waals surface area contributed by atoms with Crippen LogP contribution in [0.1, 0.15) is 36.0 Å². The van der Waals surface area contributed by atoms with Crippen molar-refractivity contribution in [3.8, 4) is 5.75 Å². The lowest BCUT2D eigenvalue weighted by atomic mass is 9.96. The fourth-order valence-electron chi connectivity index (χ4n) is 2.84. The number of hydrogen-bond acceptors (Lipinski definition) is 3. The second kappa shape index (κ2) is 6.02. The number of likely N-dealkylation sites (N-methyl/N-ethyl adjacent to an activating group) is 1. The monoisotopic (exact) mass is 296 g/mol. The molecule has 1 fully saturated rings. The van der Waals surface area contributed by atoms with Crippen molar-refractivity contribution in [3.63, 3.8) is 0 Å². The average Bonchev–Trinajstić information content (AvgIpc) is 2.89. The van der Waals surface area contributed by atoms with Gasteiger partial charge in [0.25, 0.3) is 5.91 Å². The van der Waals surface area contributed by atoms with E-state index >= 15 is 0 Å². The standard InChI is InChI=1S/C15H21ClN2O2/c1-18(2)15(7-3-4-8-15)10-17-14(20)12-9-11(19)5-6-13(12)16/h5-6,9,19H,3-4,7-8,10H2,1-2H3,(H,17,20). The van der Waals surface area contributed by atoms with Crippen LogP contribution in [0.15, 0.2) is 18.2 Å². The molecule has 0 radical (unpaired) electrons. The molecular formula is C15H21ClN2O2. The van der Waals surface area contributed by atoms with E-state index < -0.39 is 0 Å². The van der Waals surface area contributed by atoms with E-state index in [9.17, 15) is 9.90 Å². The van der Waals surface area contributed by atoms with E-state index in [1.807, 2.05) is 0 Å². The molecule has 0 spiro atoms. The van der Waals surface area contributed by atoms with Crippen LogP contribution in [0.3, 0.4) is 0 Å². The first kappa shape index (κ1) is 15.1. The minimum atomic E-state index is -0.237. The summed E-state index contributed by atoms with van der Waals surface area (Å²) < 4.78 is 0. The smallest absolute Gasteiger partial charge is 0.252 e. The van der Waals surface area contributed by atoms with Gasteiger partial charge in [0.15, 0.2) is 0 Å². The van der Waals surface area contributed by atoms with Crippen molar-refractivity contribution in [2.45, 2.75) is 31.2 Å². The number of halogens is 1. The number of hydrogen-bond donors (Lipinski definition) is 2. The summed E-state index contributed by atoms with van der Waals surface area (Å²) in [5.74, 6) is -0.193. The molecule has 2 N–H and O–H groups in total. The summed E-state index contributed by atoms with van der Waals surface area (Å²) in [6.45, 7) is 0.602. The third kappa shape index (κ3) is 3.07. The van der Waals surface area contributed by atoms with Gasteiger partial charge in [-0.25, -0.2) is 0 Å². The highest BCUT2D eigenvalue weighted by Gasteiger charge is 2.36. The minimum Gasteiger partial charge on any atom is -0.508 e. The zero-order valence-electron chi connectivity index (χ0n) is 11.9. The summed E-state index contributed by atoms with van der Waals surface area (Å²) in [6, 6.07) is 4.40. The van der Waals surface area contributed by atoms with Crippen molar-refractivity contribution in [2.75, 3.05) is 20.6 Å². The van der Waals surface area contributed by atoms with E-state index in [1.54, 1.807) is 0 Å². The maximum Gasteiger partial charge on any atom is 0.252 e. The van der Waals surface area contributed by atoms with Crippen LogP contribution in [0.2, 0.25) is 5.02 Å². The van der Waals surface area contributed by atoms with Crippen LogP contribution in [0.25, 0.3) is 0 Å². The lowest BCUT2D eigenvalue weighted by molar-refractivity contribution is 0.0900. The lowest BCUT2D eigenvalue weighted by Crippen LogP contribution is -2.50. The molecule has 0 heterocycles. The summed E-state index contributed by atoms with van der Waals surface area (Å²) in [6.07, 6.45) is 4.57. The summed E-state index contributed by atoms with van der Waals surface area (Å²) >= 11 is 6.00. The molecule has 1 saturated carbocycles. The zero-order valence-corrected chi connectivity index (χ0v) is 12.7. The molecule has 110 valence electrons. The van der Waals surface area contributed by atoms with Crippen molar-refractivity contribution in [1.82, 2.24) is 10.2 Å². The Morgan fingerprint density at radius 1 is 1.40 bits per heavy atom. The van der Waals surface area contributed by atoms with Crippen LogP contribution in [0, 0.1) is 0 Å². The fraction of sp³-hybridized carbons (Fsp3) is 0.533. The lowest BCUT2D eigenvalue weighted by Gasteiger charge is -2.36. The van der Waals surface area contributed by atoms with Crippen LogP contribution in [-0.2, 0) is 0 Å². The minimum absolute atomic E-state index is 0.0406. The maximum atomic E-state index is 12.2. The third-order valence-corrected chi connectivity index (χ3v) is 4.59. The van der Waals surface area contributed by atoms with Crippen LogP contribution < -0.4 is 5.32 Å². The Morgan fingerprint density at radius 2 is 2.05 bits per heavy atom. The second-order valence-corrected chi connectivity index (χ2v) is 6.08. The summed E-state index contributed by atoms with van der Waals surface area (Å²) in [5.41, 5.74) is 0.359. The fourth-order valence-corrected chi connectivity index (χ4v) is 3.05. The van der Waals surface area contributed by atoms with Crippen molar-refractivity contribution in [3.05, 3.63) is 28.8 Å². The van der Waals surface area contributed by atoms with Gasteiger partial charge in [0, 0.05) is 12.1 Å². The van der Waals surface area contributed by atoms with E-state index in [-0.39, 0.29) is 17.2 Å². The molecule has 1 amide bonds. The Morgan fingerprint density at radius 3 is 2.65 bits per heavy atom. The molecule has 4 nitrogen and oxygen atoms in total. The first-order chi connectivity index (χ1) is 9.44. The third-order valence-electron chi connectivity index (χ3n) is 4.26. The van der Waals surface area contributed by atoms with Crippen LogP contribution in [-0.4, -0.2) is 42.1 Å². The molecule has 1 aliphatic carbocycles. The Hall–Kier alpha value is -1.26. The zero-order chi connectivity index (χ0) is 14.8. The first-order valence-corrected chi connectivity index (χ1v) is 7.26. The van der Waals surface area contributed by atoms with Gasteiger partial charge in [-0.05, 0) is 45.1 Å². The summed E-state index contributed by atoms with van der Waals surface area (Å²) in [5, 5.41) is 12.8. The number of nitrogens with zero attached hydrogens (tertiary/aromatic N) is 1. The van der Waals surface area contributed by atoms with Gasteiger partial charge >= 0.3 is 0 Å². The SMILES string of the molecule is CN(C)C1(CNC(=O)c2cc(O)ccc2Cl)CCCC1. The number of amides is 1. The van der Waals surface area contributed by atoms with Gasteiger partial charge in [-0.2, -0.15) is 0 Å². The molecule has 1 aliphatic rings. The van der Waals surface area contributed by atoms with Crippen molar-refractivity contribution >= 4 is 17.5 Å². The molecule has 0 atom stereocenters. The van der Waals surface area contributed by atoms with Gasteiger partial charge in [-0.3, -0.25) is 4.79 Å². The summed E-state index contributed by atoms with van der Waals surface area (Å²) in [4.78, 5) is 14.4. The van der Waals surface area contributed by atoms with Crippen LogP contribution in [0.4, 0.5) is 0 Å². The van der Waals surface area contributed by atoms with Gasteiger partial charge in [-0.15, -0.1) is 0 Å². The number of nitrogens with one attached hydrogen (secondary N) is 1. The first-order valence-electron chi connectivity index (χ1n) is 6.89. The van der Waals surface area contributed by atoms with Crippen molar-refractivity contribution in [2.24, 2.45) is 0 Å². The Bertz CT molecular complexity index is 497. The predicted molar refractivity (Wildman–Crippen MR) is 80.3 cm³/mol. The van der Waals surface area contributed by atoms with Gasteiger partial charge in [-0.1, -0.05) is 24.4 Å². The maximum absolute atomic E-state index is 12.2. The van der Waals surface area contributed by atoms with Gasteiger partial charge < -0.3 is 15.3 Å². The van der Waals surface area contributed by atoms with E-state index in [1.165, 1.54) is 31.0 Å². The molecule has 0 saturated heterocycles. The Labute approximate surface area is 124 Å². The predicted octanol–water partition coefficient (Wildman–Crippen LogP) is 2.65.